The van der Waals surface area contributed by atoms with Gasteiger partial charge in [-0.15, -0.1) is 0 Å². The van der Waals surface area contributed by atoms with E-state index in [1.807, 2.05) is 47.0 Å². The zero-order chi connectivity index (χ0) is 14.9. The van der Waals surface area contributed by atoms with Crippen molar-refractivity contribution in [1.82, 2.24) is 15.1 Å². The summed E-state index contributed by atoms with van der Waals surface area (Å²) in [6.45, 7) is 6.66. The second kappa shape index (κ2) is 5.85. The molecule has 20 heavy (non-hydrogen) atoms. The number of nitrogens with one attached hydrogen (secondary N) is 1. The van der Waals surface area contributed by atoms with Crippen molar-refractivity contribution < 1.29 is 4.74 Å². The van der Waals surface area contributed by atoms with E-state index in [2.05, 4.69) is 10.4 Å². The van der Waals surface area contributed by atoms with E-state index < -0.39 is 0 Å². The smallest absolute Gasteiger partial charge is 0.222 e. The quantitative estimate of drug-likeness (QED) is 0.937. The van der Waals surface area contributed by atoms with Gasteiger partial charge in [-0.1, -0.05) is 11.6 Å². The third-order valence-electron chi connectivity index (χ3n) is 3.27. The summed E-state index contributed by atoms with van der Waals surface area (Å²) in [5, 5.41) is 8.34. The molecule has 4 nitrogen and oxygen atoms in total. The lowest BCUT2D eigenvalue weighted by Gasteiger charge is -2.11. The molecule has 1 N–H and O–H groups in total. The molecule has 0 amide bonds. The molecule has 0 radical (unpaired) electrons. The normalized spacial score (nSPS) is 10.9. The summed E-state index contributed by atoms with van der Waals surface area (Å²) in [6, 6.07) is 3.89. The van der Waals surface area contributed by atoms with E-state index in [9.17, 15) is 0 Å². The molecule has 2 aromatic rings. The first kappa shape index (κ1) is 14.9. The van der Waals surface area contributed by atoms with Crippen LogP contribution in [0, 0.1) is 20.8 Å². The number of rotatable bonds is 4. The van der Waals surface area contributed by atoms with E-state index in [4.69, 9.17) is 16.3 Å². The molecule has 0 aliphatic rings. The van der Waals surface area contributed by atoms with E-state index in [-0.39, 0.29) is 0 Å². The fraction of sp³-hybridized carbons (Fsp3) is 0.400. The Morgan fingerprint density at radius 3 is 2.40 bits per heavy atom. The Balaban J connectivity index is 2.39. The summed E-state index contributed by atoms with van der Waals surface area (Å²) in [5.41, 5.74) is 4.06. The average Bonchev–Trinajstić information content (AvgIpc) is 2.63. The van der Waals surface area contributed by atoms with E-state index in [1.54, 1.807) is 4.68 Å². The summed E-state index contributed by atoms with van der Waals surface area (Å²) < 4.78 is 7.80. The van der Waals surface area contributed by atoms with Crippen molar-refractivity contribution in [3.63, 3.8) is 0 Å². The fourth-order valence-electron chi connectivity index (χ4n) is 2.27. The lowest BCUT2D eigenvalue weighted by atomic mass is 10.1. The van der Waals surface area contributed by atoms with Crippen molar-refractivity contribution in [1.29, 1.82) is 0 Å². The summed E-state index contributed by atoms with van der Waals surface area (Å²) in [4.78, 5) is 0. The molecule has 1 heterocycles. The summed E-state index contributed by atoms with van der Waals surface area (Å²) >= 11 is 6.19. The molecule has 0 unspecified atom stereocenters. The summed E-state index contributed by atoms with van der Waals surface area (Å²) in [6.07, 6.45) is 0. The molecular weight excluding hydrogens is 274 g/mol. The Kier molecular flexibility index (Phi) is 4.35. The maximum atomic E-state index is 6.19. The number of aromatic nitrogens is 2. The van der Waals surface area contributed by atoms with Gasteiger partial charge in [-0.3, -0.25) is 0 Å². The van der Waals surface area contributed by atoms with Crippen LogP contribution in [0.2, 0.25) is 5.02 Å². The Hall–Kier alpha value is -1.52. The average molecular weight is 294 g/mol. The minimum atomic E-state index is 0.723. The molecule has 0 fully saturated rings. The highest BCUT2D eigenvalue weighted by Gasteiger charge is 2.15. The zero-order valence-electron chi connectivity index (χ0n) is 12.5. The van der Waals surface area contributed by atoms with Crippen LogP contribution < -0.4 is 10.1 Å². The van der Waals surface area contributed by atoms with Crippen molar-refractivity contribution in [2.75, 3.05) is 7.05 Å². The van der Waals surface area contributed by atoms with E-state index >= 15 is 0 Å². The van der Waals surface area contributed by atoms with Crippen LogP contribution in [0.4, 0.5) is 0 Å². The van der Waals surface area contributed by atoms with Gasteiger partial charge < -0.3 is 10.1 Å². The molecule has 0 saturated heterocycles. The van der Waals surface area contributed by atoms with Gasteiger partial charge in [0.05, 0.1) is 11.3 Å². The third-order valence-corrected chi connectivity index (χ3v) is 3.86. The molecule has 0 saturated carbocycles. The van der Waals surface area contributed by atoms with Gasteiger partial charge in [0.2, 0.25) is 5.88 Å². The van der Waals surface area contributed by atoms with Crippen LogP contribution >= 0.6 is 11.6 Å². The largest absolute Gasteiger partial charge is 0.439 e. The highest BCUT2D eigenvalue weighted by molar-refractivity contribution is 6.32. The van der Waals surface area contributed by atoms with Crippen LogP contribution in [-0.2, 0) is 13.6 Å². The second-order valence-electron chi connectivity index (χ2n) is 5.00. The fourth-order valence-corrected chi connectivity index (χ4v) is 2.37. The number of aryl methyl sites for hydroxylation is 4. The van der Waals surface area contributed by atoms with Crippen LogP contribution in [-0.4, -0.2) is 16.8 Å². The van der Waals surface area contributed by atoms with Crippen LogP contribution in [0.3, 0.4) is 0 Å². The molecule has 5 heteroatoms. The van der Waals surface area contributed by atoms with Gasteiger partial charge in [0, 0.05) is 18.6 Å². The van der Waals surface area contributed by atoms with Gasteiger partial charge in [0.15, 0.2) is 0 Å². The molecule has 1 aromatic heterocycles. The summed E-state index contributed by atoms with van der Waals surface area (Å²) in [5.74, 6) is 1.54. The number of hydrogen-bond donors (Lipinski definition) is 1. The minimum absolute atomic E-state index is 0.723. The predicted molar refractivity (Wildman–Crippen MR) is 81.7 cm³/mol. The van der Waals surface area contributed by atoms with Crippen molar-refractivity contribution in [2.24, 2.45) is 7.05 Å². The van der Waals surface area contributed by atoms with Gasteiger partial charge in [-0.05, 0) is 51.1 Å². The van der Waals surface area contributed by atoms with Crippen molar-refractivity contribution >= 4 is 11.6 Å². The number of hydrogen-bond acceptors (Lipinski definition) is 3. The molecule has 1 aromatic carbocycles. The summed E-state index contributed by atoms with van der Waals surface area (Å²) in [7, 11) is 3.80. The number of ether oxygens (including phenoxy) is 1. The SMILES string of the molecule is CNCc1c(C)nn(C)c1Oc1cc(C)c(Cl)c(C)c1. The first-order valence-corrected chi connectivity index (χ1v) is 6.93. The van der Waals surface area contributed by atoms with Crippen LogP contribution in [0.25, 0.3) is 0 Å². The Morgan fingerprint density at radius 1 is 1.25 bits per heavy atom. The van der Waals surface area contributed by atoms with Gasteiger partial charge in [0.1, 0.15) is 5.75 Å². The lowest BCUT2D eigenvalue weighted by Crippen LogP contribution is -2.07. The van der Waals surface area contributed by atoms with Gasteiger partial charge in [0.25, 0.3) is 0 Å². The first-order chi connectivity index (χ1) is 9.43. The molecule has 108 valence electrons. The third kappa shape index (κ3) is 2.81. The maximum Gasteiger partial charge on any atom is 0.222 e. The van der Waals surface area contributed by atoms with Gasteiger partial charge >= 0.3 is 0 Å². The van der Waals surface area contributed by atoms with E-state index in [0.717, 1.165) is 45.6 Å². The highest BCUT2D eigenvalue weighted by Crippen LogP contribution is 2.31. The number of halogens is 1. The van der Waals surface area contributed by atoms with Crippen LogP contribution in [0.15, 0.2) is 12.1 Å². The molecule has 0 aliphatic carbocycles. The molecule has 0 atom stereocenters. The molecular formula is C15H20ClN3O. The zero-order valence-corrected chi connectivity index (χ0v) is 13.3. The number of benzene rings is 1. The second-order valence-corrected chi connectivity index (χ2v) is 5.37. The Labute approximate surface area is 124 Å². The monoisotopic (exact) mass is 293 g/mol. The first-order valence-electron chi connectivity index (χ1n) is 6.55. The number of nitrogens with zero attached hydrogens (tertiary/aromatic N) is 2. The predicted octanol–water partition coefficient (Wildman–Crippen LogP) is 3.51. The molecule has 0 spiro atoms. The Morgan fingerprint density at radius 2 is 1.85 bits per heavy atom. The van der Waals surface area contributed by atoms with Crippen molar-refractivity contribution in [2.45, 2.75) is 27.3 Å². The van der Waals surface area contributed by atoms with E-state index in [0.29, 0.717) is 0 Å². The standard InChI is InChI=1S/C15H20ClN3O/c1-9-6-12(7-10(2)14(9)16)20-15-13(8-17-4)11(3)18-19(15)5/h6-7,17H,8H2,1-5H3. The maximum absolute atomic E-state index is 6.19. The minimum Gasteiger partial charge on any atom is -0.439 e. The molecule has 0 aliphatic heterocycles. The molecule has 0 bridgehead atoms. The van der Waals surface area contributed by atoms with Gasteiger partial charge in [-0.25, -0.2) is 4.68 Å². The van der Waals surface area contributed by atoms with Crippen molar-refractivity contribution in [3.05, 3.63) is 39.5 Å². The van der Waals surface area contributed by atoms with Crippen molar-refractivity contribution in [3.8, 4) is 11.6 Å². The van der Waals surface area contributed by atoms with Crippen LogP contribution in [0.5, 0.6) is 11.6 Å². The van der Waals surface area contributed by atoms with Gasteiger partial charge in [-0.2, -0.15) is 5.10 Å². The highest BCUT2D eigenvalue weighted by atomic mass is 35.5. The topological polar surface area (TPSA) is 39.1 Å². The lowest BCUT2D eigenvalue weighted by molar-refractivity contribution is 0.424. The molecule has 2 rings (SSSR count). The Bertz CT molecular complexity index is 611. The van der Waals surface area contributed by atoms with E-state index in [1.165, 1.54) is 0 Å². The van der Waals surface area contributed by atoms with Crippen LogP contribution in [0.1, 0.15) is 22.4 Å².